The van der Waals surface area contributed by atoms with E-state index in [0.717, 1.165) is 0 Å². The van der Waals surface area contributed by atoms with Gasteiger partial charge in [-0.25, -0.2) is 0 Å². The molecule has 1 unspecified atom stereocenters. The van der Waals surface area contributed by atoms with Crippen LogP contribution in [0.1, 0.15) is 63.8 Å². The zero-order valence-corrected chi connectivity index (χ0v) is 13.3. The van der Waals surface area contributed by atoms with E-state index in [2.05, 4.69) is 0 Å². The summed E-state index contributed by atoms with van der Waals surface area (Å²) in [5.74, 6) is -10.7. The Bertz CT molecular complexity index is 1400. The van der Waals surface area contributed by atoms with E-state index in [1.807, 2.05) is 0 Å². The smallest absolute Gasteiger partial charge is 0.249 e. The Labute approximate surface area is 180 Å². The molecule has 0 aromatic heterocycles. The van der Waals surface area contributed by atoms with Gasteiger partial charge in [0.25, 0.3) is 0 Å². The summed E-state index contributed by atoms with van der Waals surface area (Å²) < 4.78 is 149. The van der Waals surface area contributed by atoms with Crippen LogP contribution in [-0.2, 0) is 20.8 Å². The molecule has 1 aliphatic heterocycles. The minimum absolute atomic E-state index is 0.212. The highest BCUT2D eigenvalue weighted by Crippen LogP contribution is 2.24. The van der Waals surface area contributed by atoms with Gasteiger partial charge >= 0.3 is 0 Å². The molecule has 0 saturated carbocycles. The zero-order valence-electron chi connectivity index (χ0n) is 32.3. The fourth-order valence-corrected chi connectivity index (χ4v) is 1.83. The minimum Gasteiger partial charge on any atom is -0.383 e. The Morgan fingerprint density at radius 1 is 1.46 bits per heavy atom. The number of carbonyl (C=O) groups excluding carboxylic acids is 3. The fourth-order valence-electron chi connectivity index (χ4n) is 1.83. The molecule has 26 heavy (non-hydrogen) atoms. The number of fused-ring (bicyclic) bond motifs is 1. The van der Waals surface area contributed by atoms with E-state index >= 15 is 0 Å². The molecule has 1 aromatic carbocycles. The van der Waals surface area contributed by atoms with Gasteiger partial charge in [0.05, 0.1) is 9.60 Å². The monoisotopic (exact) mass is 380 g/mol. The number of amides is 3. The van der Waals surface area contributed by atoms with Crippen molar-refractivity contribution in [3.8, 4) is 0 Å². The van der Waals surface area contributed by atoms with Crippen molar-refractivity contribution in [2.24, 2.45) is 5.89 Å². The second-order valence-electron chi connectivity index (χ2n) is 4.95. The van der Waals surface area contributed by atoms with Gasteiger partial charge in [0, 0.05) is 30.0 Å². The molecular formula is C19H27N3O4. The number of hydrogen-bond acceptors (Lipinski definition) is 4. The average Bonchev–Trinajstić information content (AvgIpc) is 2.90. The van der Waals surface area contributed by atoms with Crippen LogP contribution in [-0.4, -0.2) is 53.3 Å². The lowest BCUT2D eigenvalue weighted by molar-refractivity contribution is -0.137. The predicted octanol–water partition coefficient (Wildman–Crippen LogP) is 0.380. The van der Waals surface area contributed by atoms with E-state index in [4.69, 9.17) is 26.0 Å². The maximum atomic E-state index is 13.6. The van der Waals surface area contributed by atoms with Crippen LogP contribution < -0.4 is 10.6 Å². The van der Waals surface area contributed by atoms with Crippen LogP contribution in [0.25, 0.3) is 0 Å². The molecule has 0 saturated heterocycles. The molecule has 3 atom stereocenters. The van der Waals surface area contributed by atoms with Crippen LogP contribution in [0.2, 0.25) is 0 Å². The Morgan fingerprint density at radius 3 is 2.88 bits per heavy atom. The molecule has 7 nitrogen and oxygen atoms in total. The maximum Gasteiger partial charge on any atom is 0.249 e. The summed E-state index contributed by atoms with van der Waals surface area (Å²) in [6, 6.07) is -11.6. The summed E-state index contributed by atoms with van der Waals surface area (Å²) >= 11 is 0. The van der Waals surface area contributed by atoms with Crippen molar-refractivity contribution >= 4 is 17.7 Å². The number of nitrogens with one attached hydrogen (secondary N) is 2. The van der Waals surface area contributed by atoms with Gasteiger partial charge in [0.1, 0.15) is 18.1 Å². The molecule has 142 valence electrons. The topological polar surface area (TPSA) is 98.7 Å². The maximum absolute atomic E-state index is 13.6. The highest BCUT2D eigenvalue weighted by Gasteiger charge is 2.32. The van der Waals surface area contributed by atoms with Gasteiger partial charge in [-0.05, 0) is 30.3 Å². The number of nitrogens with zero attached hydrogens (tertiary/aromatic N) is 1. The predicted molar refractivity (Wildman–Crippen MR) is 97.1 cm³/mol. The third kappa shape index (κ3) is 4.40. The van der Waals surface area contributed by atoms with Crippen LogP contribution in [0.4, 0.5) is 0 Å². The van der Waals surface area contributed by atoms with Crippen LogP contribution in [0.3, 0.4) is 0 Å². The van der Waals surface area contributed by atoms with Crippen LogP contribution in [0, 0.1) is 5.89 Å². The summed E-state index contributed by atoms with van der Waals surface area (Å²) in [6.07, 6.45) is -7.52. The van der Waals surface area contributed by atoms with Gasteiger partial charge in [0.15, 0.2) is 0 Å². The van der Waals surface area contributed by atoms with E-state index in [0.29, 0.717) is 6.92 Å². The zero-order chi connectivity index (χ0) is 35.9. The number of rotatable bonds is 5. The molecule has 0 spiro atoms. The summed E-state index contributed by atoms with van der Waals surface area (Å²) in [4.78, 5) is 39.6. The second kappa shape index (κ2) is 8.31. The van der Waals surface area contributed by atoms with Crippen molar-refractivity contribution in [2.75, 3.05) is 13.5 Å². The van der Waals surface area contributed by atoms with Gasteiger partial charge in [-0.2, -0.15) is 0 Å². The molecule has 3 amide bonds. The molecule has 1 aromatic rings. The largest absolute Gasteiger partial charge is 0.383 e. The number of hydrogen-bond donors (Lipinski definition) is 3. The molecule has 1 heterocycles. The van der Waals surface area contributed by atoms with Crippen LogP contribution in [0.5, 0.6) is 0 Å². The molecule has 0 radical (unpaired) electrons. The van der Waals surface area contributed by atoms with E-state index in [-0.39, 0.29) is 4.90 Å². The van der Waals surface area contributed by atoms with Crippen LogP contribution in [0.15, 0.2) is 24.2 Å². The normalized spacial score (nSPS) is 39.1. The fraction of sp³-hybridized carbons (Fsp3) is 0.526. The molecule has 1 aliphatic rings. The molecule has 0 aliphatic carbocycles. The lowest BCUT2D eigenvalue weighted by Crippen LogP contribution is -2.51. The first kappa shape index (κ1) is 6.34. The van der Waals surface area contributed by atoms with Gasteiger partial charge in [-0.1, -0.05) is 37.9 Å². The molecular weight excluding hydrogens is 334 g/mol. The highest BCUT2D eigenvalue weighted by atomic mass is 16.3. The van der Waals surface area contributed by atoms with E-state index in [1.165, 1.54) is 5.32 Å². The summed E-state index contributed by atoms with van der Waals surface area (Å²) in [5, 5.41) is 13.3. The van der Waals surface area contributed by atoms with E-state index in [9.17, 15) is 19.5 Å². The first-order valence-corrected chi connectivity index (χ1v) is 6.95. The van der Waals surface area contributed by atoms with E-state index < -0.39 is 111 Å². The Hall–Kier alpha value is -2.41. The number of aliphatic hydroxyl groups is 1. The van der Waals surface area contributed by atoms with Crippen molar-refractivity contribution in [3.63, 3.8) is 0 Å². The lowest BCUT2D eigenvalue weighted by Gasteiger charge is -2.24. The Kier molecular flexibility index (Phi) is 2.03. The molecule has 2 rings (SSSR count). The molecule has 0 fully saturated rings. The third-order valence-electron chi connectivity index (χ3n) is 3.14. The standard InChI is InChI=1S/C19H27N3O4/c1-11(2)16(23)18(25)20-12(3)17(24)21-15-14-8-6-5-7-13(14)9-10-22(4)19(15)26/h5-8,11-12,15-16,23H,9-10H2,1-4H3,(H,20,25)(H,21,24)/t12?,15-,16+/m0/s1/i1D3,2D3,4D3,5D,6D,7D,8D,9D2,11D,12D,15D,16D. The van der Waals surface area contributed by atoms with Crippen molar-refractivity contribution in [1.29, 1.82) is 0 Å². The lowest BCUT2D eigenvalue weighted by atomic mass is 9.99. The summed E-state index contributed by atoms with van der Waals surface area (Å²) in [5.41, 5.74) is -2.37. The summed E-state index contributed by atoms with van der Waals surface area (Å²) in [7, 11) is 0. The van der Waals surface area contributed by atoms with Crippen molar-refractivity contribution in [1.82, 2.24) is 15.5 Å². The van der Waals surface area contributed by atoms with Gasteiger partial charge < -0.3 is 20.6 Å². The van der Waals surface area contributed by atoms with Crippen molar-refractivity contribution in [2.45, 2.75) is 45.1 Å². The first-order chi connectivity index (χ1) is 19.6. The van der Waals surface area contributed by atoms with Crippen molar-refractivity contribution < 1.29 is 45.5 Å². The highest BCUT2D eigenvalue weighted by molar-refractivity contribution is 5.93. The number of benzene rings is 1. The van der Waals surface area contributed by atoms with Gasteiger partial charge in [-0.15, -0.1) is 0 Å². The Balaban J connectivity index is 2.77. The van der Waals surface area contributed by atoms with E-state index in [1.54, 1.807) is 5.32 Å². The molecule has 3 N–H and O–H groups in total. The number of likely N-dealkylation sites (N-methyl/N-ethyl adjacent to an activating group) is 1. The second-order valence-corrected chi connectivity index (χ2v) is 4.95. The average molecular weight is 381 g/mol. The first-order valence-electron chi connectivity index (χ1n) is 16.5. The molecule has 7 heteroatoms. The molecule has 0 bridgehead atoms. The van der Waals surface area contributed by atoms with Gasteiger partial charge in [0.2, 0.25) is 17.7 Å². The third-order valence-corrected chi connectivity index (χ3v) is 3.14. The Morgan fingerprint density at radius 2 is 2.19 bits per heavy atom. The SMILES string of the molecule is [2H]c1c([2H])c([2H])c2c(c1[2H])C([2H])([2H])CN(C([2H])([2H])[2H])C(=O)[C@@]2([2H])NC(=O)C([2H])(C)NC(=O)[C@]([2H])(O)C([2H])(C([2H])([2H])[2H])C([2H])([2H])[2H]. The van der Waals surface area contributed by atoms with Crippen molar-refractivity contribution in [3.05, 3.63) is 35.3 Å². The minimum atomic E-state index is -4.43. The summed E-state index contributed by atoms with van der Waals surface area (Å²) in [6.45, 7) is -12.6. The number of carbonyl (C=O) groups is 3. The van der Waals surface area contributed by atoms with Crippen LogP contribution >= 0.6 is 0 Å². The quantitative estimate of drug-likeness (QED) is 0.688. The van der Waals surface area contributed by atoms with Gasteiger partial charge in [-0.3, -0.25) is 14.4 Å².